The molecule has 0 spiro atoms. The summed E-state index contributed by atoms with van der Waals surface area (Å²) in [6.45, 7) is 14.3. The zero-order valence-corrected chi connectivity index (χ0v) is 24.9. The molecule has 1 aromatic carbocycles. The van der Waals surface area contributed by atoms with Gasteiger partial charge in [0.1, 0.15) is 0 Å². The predicted molar refractivity (Wildman–Crippen MR) is 139 cm³/mol. The molecule has 0 heterocycles. The van der Waals surface area contributed by atoms with E-state index in [0.717, 1.165) is 5.75 Å². The van der Waals surface area contributed by atoms with Crippen LogP contribution < -0.4 is 4.74 Å². The van der Waals surface area contributed by atoms with Crippen molar-refractivity contribution < 1.29 is 9.16 Å². The molecule has 0 aliphatic heterocycles. The van der Waals surface area contributed by atoms with Gasteiger partial charge in [0.05, 0.1) is 0 Å². The van der Waals surface area contributed by atoms with Crippen LogP contribution in [0.3, 0.4) is 0 Å². The molecule has 172 valence electrons. The SMILES string of the molecule is CCC[CH2][Sn](/[CH]=C/C(COc1cccc(Cl)c1)O[Si](C)(C)C)([CH2]CCC)[CH2]CCC. The van der Waals surface area contributed by atoms with E-state index in [4.69, 9.17) is 20.8 Å². The van der Waals surface area contributed by atoms with E-state index in [9.17, 15) is 0 Å². The minimum absolute atomic E-state index is 0.0246. The summed E-state index contributed by atoms with van der Waals surface area (Å²) in [7, 11) is -1.68. The van der Waals surface area contributed by atoms with Crippen molar-refractivity contribution in [3.8, 4) is 5.75 Å². The second kappa shape index (κ2) is 15.0. The van der Waals surface area contributed by atoms with Crippen molar-refractivity contribution in [1.82, 2.24) is 0 Å². The van der Waals surface area contributed by atoms with Crippen LogP contribution in [0.25, 0.3) is 0 Å². The van der Waals surface area contributed by atoms with Gasteiger partial charge >= 0.3 is 198 Å². The molecule has 0 amide bonds. The summed E-state index contributed by atoms with van der Waals surface area (Å²) in [4.78, 5) is 0. The summed E-state index contributed by atoms with van der Waals surface area (Å²) >= 11 is 3.80. The Morgan fingerprint density at radius 1 is 0.967 bits per heavy atom. The molecular weight excluding hydrogens is 515 g/mol. The van der Waals surface area contributed by atoms with E-state index >= 15 is 0 Å². The molecule has 30 heavy (non-hydrogen) atoms. The first-order valence-corrected chi connectivity index (χ1v) is 23.5. The molecular formula is C25H45ClO2SiSn. The molecule has 0 radical (unpaired) electrons. The molecule has 2 nitrogen and oxygen atoms in total. The molecule has 1 unspecified atom stereocenters. The van der Waals surface area contributed by atoms with Crippen LogP contribution in [-0.4, -0.2) is 39.4 Å². The molecule has 5 heteroatoms. The zero-order valence-electron chi connectivity index (χ0n) is 20.3. The quantitative estimate of drug-likeness (QED) is 0.188. The molecule has 0 saturated heterocycles. The number of benzene rings is 1. The Morgan fingerprint density at radius 2 is 1.53 bits per heavy atom. The molecule has 0 aliphatic carbocycles. The summed E-state index contributed by atoms with van der Waals surface area (Å²) in [6, 6.07) is 7.66. The van der Waals surface area contributed by atoms with Crippen LogP contribution in [0.2, 0.25) is 38.0 Å². The first-order valence-electron chi connectivity index (χ1n) is 12.0. The van der Waals surface area contributed by atoms with Gasteiger partial charge in [-0.05, 0) is 0 Å². The van der Waals surface area contributed by atoms with E-state index in [1.807, 2.05) is 24.3 Å². The third-order valence-corrected chi connectivity index (χ3v) is 20.8. The molecule has 0 aromatic heterocycles. The standard InChI is InChI=1S/C13H18ClO2Si.3C4H9.Sn/c1-5-12(16-17(2,3)4)10-15-13-8-6-7-11(14)9-13;3*1-3-4-2;/h1,5-9,12H,10H2,2-4H3;3*1,3-4H2,2H3;. The van der Waals surface area contributed by atoms with Crippen LogP contribution >= 0.6 is 11.6 Å². The fourth-order valence-electron chi connectivity index (χ4n) is 3.84. The van der Waals surface area contributed by atoms with Crippen molar-refractivity contribution in [3.05, 3.63) is 39.5 Å². The van der Waals surface area contributed by atoms with Crippen LogP contribution in [0.1, 0.15) is 59.3 Å². The summed E-state index contributed by atoms with van der Waals surface area (Å²) in [5.74, 6) is 0.817. The first kappa shape index (κ1) is 28.1. The number of hydrogen-bond donors (Lipinski definition) is 0. The van der Waals surface area contributed by atoms with E-state index < -0.39 is 26.7 Å². The number of unbranched alkanes of at least 4 members (excludes halogenated alkanes) is 3. The third kappa shape index (κ3) is 12.2. The summed E-state index contributed by atoms with van der Waals surface area (Å²) in [6.07, 6.45) is 10.5. The van der Waals surface area contributed by atoms with Gasteiger partial charge in [-0.3, -0.25) is 0 Å². The number of hydrogen-bond acceptors (Lipinski definition) is 2. The summed E-state index contributed by atoms with van der Waals surface area (Å²) in [5.41, 5.74) is 0. The molecule has 0 N–H and O–H groups in total. The zero-order chi connectivity index (χ0) is 22.5. The van der Waals surface area contributed by atoms with Crippen LogP contribution in [0.15, 0.2) is 34.4 Å². The monoisotopic (exact) mass is 560 g/mol. The second-order valence-corrected chi connectivity index (χ2v) is 27.5. The van der Waals surface area contributed by atoms with Gasteiger partial charge in [0.15, 0.2) is 0 Å². The molecule has 1 atom stereocenters. The van der Waals surface area contributed by atoms with Crippen molar-refractivity contribution in [2.24, 2.45) is 0 Å². The maximum absolute atomic E-state index is 6.53. The van der Waals surface area contributed by atoms with Gasteiger partial charge in [-0.2, -0.15) is 0 Å². The predicted octanol–water partition coefficient (Wildman–Crippen LogP) is 8.88. The van der Waals surface area contributed by atoms with E-state index in [-0.39, 0.29) is 6.10 Å². The van der Waals surface area contributed by atoms with Gasteiger partial charge in [0.25, 0.3) is 0 Å². The minimum atomic E-state index is -2.32. The molecule has 0 bridgehead atoms. The van der Waals surface area contributed by atoms with Gasteiger partial charge in [0, 0.05) is 0 Å². The molecule has 0 saturated carbocycles. The fraction of sp³-hybridized carbons (Fsp3) is 0.680. The number of halogens is 1. The van der Waals surface area contributed by atoms with Gasteiger partial charge < -0.3 is 0 Å². The summed E-state index contributed by atoms with van der Waals surface area (Å²) in [5, 5.41) is 0.708. The summed E-state index contributed by atoms with van der Waals surface area (Å²) < 4.78 is 19.8. The van der Waals surface area contributed by atoms with Crippen LogP contribution in [0.5, 0.6) is 5.75 Å². The molecule has 1 aromatic rings. The van der Waals surface area contributed by atoms with E-state index in [2.05, 4.69) is 50.6 Å². The number of rotatable bonds is 16. The second-order valence-electron chi connectivity index (χ2n) is 9.57. The third-order valence-electron chi connectivity index (χ3n) is 5.46. The Labute approximate surface area is 196 Å². The van der Waals surface area contributed by atoms with Crippen molar-refractivity contribution in [3.63, 3.8) is 0 Å². The average molecular weight is 560 g/mol. The Kier molecular flexibility index (Phi) is 14.0. The maximum atomic E-state index is 6.53. The normalized spacial score (nSPS) is 13.7. The van der Waals surface area contributed by atoms with Crippen molar-refractivity contribution in [2.45, 2.75) is 98.4 Å². The van der Waals surface area contributed by atoms with Crippen molar-refractivity contribution in [2.75, 3.05) is 6.61 Å². The molecule has 1 rings (SSSR count). The topological polar surface area (TPSA) is 18.5 Å². The Balaban J connectivity index is 3.01. The Bertz CT molecular complexity index is 594. The van der Waals surface area contributed by atoms with Crippen LogP contribution in [0.4, 0.5) is 0 Å². The van der Waals surface area contributed by atoms with Crippen LogP contribution in [-0.2, 0) is 4.43 Å². The van der Waals surface area contributed by atoms with Gasteiger partial charge in [-0.25, -0.2) is 0 Å². The first-order chi connectivity index (χ1) is 14.2. The van der Waals surface area contributed by atoms with E-state index in [0.29, 0.717) is 11.6 Å². The van der Waals surface area contributed by atoms with Crippen molar-refractivity contribution in [1.29, 1.82) is 0 Å². The van der Waals surface area contributed by atoms with Gasteiger partial charge in [-0.15, -0.1) is 0 Å². The average Bonchev–Trinajstić information content (AvgIpc) is 2.69. The Morgan fingerprint density at radius 3 is 2.00 bits per heavy atom. The van der Waals surface area contributed by atoms with Crippen molar-refractivity contribution >= 4 is 38.3 Å². The molecule has 0 aliphatic rings. The molecule has 0 fully saturated rings. The number of ether oxygens (including phenoxy) is 1. The van der Waals surface area contributed by atoms with Crippen LogP contribution in [0, 0.1) is 0 Å². The Hall–Kier alpha value is 0.0256. The van der Waals surface area contributed by atoms with Gasteiger partial charge in [0.2, 0.25) is 0 Å². The van der Waals surface area contributed by atoms with E-state index in [1.165, 1.54) is 51.8 Å². The van der Waals surface area contributed by atoms with Gasteiger partial charge in [-0.1, -0.05) is 0 Å². The van der Waals surface area contributed by atoms with E-state index in [1.54, 1.807) is 0 Å². The fourth-order valence-corrected chi connectivity index (χ4v) is 19.5.